The number of piperidine rings is 1. The fraction of sp³-hybridized carbons (Fsp3) is 0.632. The van der Waals surface area contributed by atoms with Gasteiger partial charge in [-0.1, -0.05) is 30.5 Å². The number of carboxylic acid groups (broad SMARTS) is 1. The molecule has 0 bridgehead atoms. The van der Waals surface area contributed by atoms with Crippen molar-refractivity contribution in [1.29, 1.82) is 0 Å². The van der Waals surface area contributed by atoms with Crippen LogP contribution in [0.4, 0.5) is 0 Å². The number of unbranched alkanes of at least 4 members (excludes halogenated alkanes) is 2. The van der Waals surface area contributed by atoms with Gasteiger partial charge in [0.05, 0.1) is 11.0 Å². The molecule has 1 aliphatic heterocycles. The molecule has 1 aliphatic rings. The molecule has 1 saturated heterocycles. The van der Waals surface area contributed by atoms with E-state index in [0.29, 0.717) is 25.7 Å². The minimum atomic E-state index is -3.69. The molecule has 0 spiro atoms. The summed E-state index contributed by atoms with van der Waals surface area (Å²) in [5.41, 5.74) is 0.991. The minimum Gasteiger partial charge on any atom is -0.481 e. The molecular weight excluding hydrogens is 354 g/mol. The lowest BCUT2D eigenvalue weighted by molar-refractivity contribution is -0.137. The van der Waals surface area contributed by atoms with E-state index in [-0.39, 0.29) is 17.4 Å². The molecule has 146 valence electrons. The highest BCUT2D eigenvalue weighted by molar-refractivity contribution is 7.89. The van der Waals surface area contributed by atoms with Crippen molar-refractivity contribution in [3.63, 3.8) is 0 Å². The van der Waals surface area contributed by atoms with Gasteiger partial charge in [-0.3, -0.25) is 4.79 Å². The van der Waals surface area contributed by atoms with Crippen molar-refractivity contribution in [3.05, 3.63) is 29.8 Å². The van der Waals surface area contributed by atoms with E-state index in [0.717, 1.165) is 18.4 Å². The maximum atomic E-state index is 13.2. The van der Waals surface area contributed by atoms with E-state index in [1.54, 1.807) is 31.2 Å². The first-order chi connectivity index (χ1) is 12.2. The van der Waals surface area contributed by atoms with Gasteiger partial charge in [-0.25, -0.2) is 8.42 Å². The van der Waals surface area contributed by atoms with E-state index in [9.17, 15) is 18.3 Å². The summed E-state index contributed by atoms with van der Waals surface area (Å²) in [7, 11) is -3.69. The molecule has 3 atom stereocenters. The number of sulfonamides is 1. The van der Waals surface area contributed by atoms with Crippen molar-refractivity contribution in [2.45, 2.75) is 81.9 Å². The molecule has 1 aromatic carbocycles. The maximum absolute atomic E-state index is 13.2. The van der Waals surface area contributed by atoms with Gasteiger partial charge in [0.2, 0.25) is 10.0 Å². The number of benzene rings is 1. The number of rotatable bonds is 8. The molecule has 0 saturated carbocycles. The largest absolute Gasteiger partial charge is 0.481 e. The lowest BCUT2D eigenvalue weighted by Crippen LogP contribution is -2.54. The number of carbonyl (C=O) groups is 1. The smallest absolute Gasteiger partial charge is 0.303 e. The third-order valence-corrected chi connectivity index (χ3v) is 7.19. The van der Waals surface area contributed by atoms with Gasteiger partial charge in [-0.05, 0) is 51.7 Å². The Balaban J connectivity index is 2.13. The molecule has 0 aromatic heterocycles. The normalized spacial score (nSPS) is 24.5. The monoisotopic (exact) mass is 383 g/mol. The van der Waals surface area contributed by atoms with Crippen LogP contribution in [0.5, 0.6) is 0 Å². The van der Waals surface area contributed by atoms with Crippen LogP contribution in [0, 0.1) is 6.92 Å². The number of hydrogen-bond donors (Lipinski definition) is 2. The second-order valence-corrected chi connectivity index (χ2v) is 9.02. The number of aliphatic carboxylic acids is 1. The van der Waals surface area contributed by atoms with Crippen LogP contribution < -0.4 is 0 Å². The molecule has 26 heavy (non-hydrogen) atoms. The van der Waals surface area contributed by atoms with Crippen LogP contribution in [0.3, 0.4) is 0 Å². The SMILES string of the molecule is Cc1ccc(S(=O)(=O)N2[C@H](CCCCCC(=O)O)CC[C@H](O)[C@@H]2C)cc1. The number of aliphatic hydroxyl groups excluding tert-OH is 1. The van der Waals surface area contributed by atoms with Crippen molar-refractivity contribution in [1.82, 2.24) is 4.31 Å². The fourth-order valence-electron chi connectivity index (χ4n) is 3.59. The third kappa shape index (κ3) is 5.05. The first-order valence-electron chi connectivity index (χ1n) is 9.23. The summed E-state index contributed by atoms with van der Waals surface area (Å²) in [5, 5.41) is 18.9. The first-order valence-corrected chi connectivity index (χ1v) is 10.7. The summed E-state index contributed by atoms with van der Waals surface area (Å²) in [6.45, 7) is 3.66. The average Bonchev–Trinajstić information content (AvgIpc) is 2.57. The fourth-order valence-corrected chi connectivity index (χ4v) is 5.49. The Labute approximate surface area is 155 Å². The Morgan fingerprint density at radius 3 is 2.42 bits per heavy atom. The van der Waals surface area contributed by atoms with Crippen LogP contribution in [0.25, 0.3) is 0 Å². The summed E-state index contributed by atoms with van der Waals surface area (Å²) in [5.74, 6) is -0.803. The zero-order valence-corrected chi connectivity index (χ0v) is 16.3. The molecule has 1 heterocycles. The predicted molar refractivity (Wildman–Crippen MR) is 99.4 cm³/mol. The number of hydrogen-bond acceptors (Lipinski definition) is 4. The van der Waals surface area contributed by atoms with E-state index in [2.05, 4.69) is 0 Å². The average molecular weight is 384 g/mol. The Kier molecular flexibility index (Phi) is 7.20. The third-order valence-electron chi connectivity index (χ3n) is 5.14. The van der Waals surface area contributed by atoms with Gasteiger partial charge in [-0.15, -0.1) is 0 Å². The van der Waals surface area contributed by atoms with Crippen molar-refractivity contribution < 1.29 is 23.4 Å². The molecule has 0 unspecified atom stereocenters. The summed E-state index contributed by atoms with van der Waals surface area (Å²) >= 11 is 0. The topological polar surface area (TPSA) is 94.9 Å². The van der Waals surface area contributed by atoms with Crippen LogP contribution in [0.15, 0.2) is 29.2 Å². The van der Waals surface area contributed by atoms with Crippen LogP contribution in [-0.2, 0) is 14.8 Å². The Hall–Kier alpha value is -1.44. The maximum Gasteiger partial charge on any atom is 0.303 e. The molecule has 2 rings (SSSR count). The number of aryl methyl sites for hydroxylation is 1. The molecular formula is C19H29NO5S. The van der Waals surface area contributed by atoms with E-state index < -0.39 is 28.1 Å². The van der Waals surface area contributed by atoms with Crippen LogP contribution in [-0.4, -0.2) is 47.1 Å². The second kappa shape index (κ2) is 8.97. The van der Waals surface area contributed by atoms with Crippen molar-refractivity contribution in [3.8, 4) is 0 Å². The lowest BCUT2D eigenvalue weighted by atomic mass is 9.93. The summed E-state index contributed by atoms with van der Waals surface area (Å²) in [4.78, 5) is 10.8. The number of carboxylic acids is 1. The van der Waals surface area contributed by atoms with Gasteiger partial charge in [0.25, 0.3) is 0 Å². The molecule has 1 fully saturated rings. The quantitative estimate of drug-likeness (QED) is 0.673. The van der Waals surface area contributed by atoms with E-state index in [1.165, 1.54) is 4.31 Å². The van der Waals surface area contributed by atoms with Gasteiger partial charge in [0, 0.05) is 18.5 Å². The van der Waals surface area contributed by atoms with Gasteiger partial charge < -0.3 is 10.2 Å². The Bertz CT molecular complexity index is 701. The zero-order valence-electron chi connectivity index (χ0n) is 15.5. The Morgan fingerprint density at radius 1 is 1.15 bits per heavy atom. The Morgan fingerprint density at radius 2 is 1.81 bits per heavy atom. The van der Waals surface area contributed by atoms with Gasteiger partial charge in [-0.2, -0.15) is 4.31 Å². The highest BCUT2D eigenvalue weighted by Gasteiger charge is 2.41. The van der Waals surface area contributed by atoms with Gasteiger partial charge >= 0.3 is 5.97 Å². The zero-order chi connectivity index (χ0) is 19.3. The summed E-state index contributed by atoms with van der Waals surface area (Å²) in [6.07, 6.45) is 3.51. The van der Waals surface area contributed by atoms with Gasteiger partial charge in [0.15, 0.2) is 0 Å². The van der Waals surface area contributed by atoms with E-state index in [1.807, 2.05) is 6.92 Å². The van der Waals surface area contributed by atoms with Crippen LogP contribution in [0.2, 0.25) is 0 Å². The lowest BCUT2D eigenvalue weighted by Gasteiger charge is -2.42. The summed E-state index contributed by atoms with van der Waals surface area (Å²) < 4.78 is 27.8. The van der Waals surface area contributed by atoms with Crippen molar-refractivity contribution in [2.75, 3.05) is 0 Å². The predicted octanol–water partition coefficient (Wildman–Crippen LogP) is 2.93. The first kappa shape index (κ1) is 20.9. The molecule has 0 amide bonds. The number of nitrogens with zero attached hydrogens (tertiary/aromatic N) is 1. The molecule has 0 radical (unpaired) electrons. The van der Waals surface area contributed by atoms with Crippen LogP contribution in [0.1, 0.15) is 57.4 Å². The highest BCUT2D eigenvalue weighted by atomic mass is 32.2. The van der Waals surface area contributed by atoms with Crippen molar-refractivity contribution >= 4 is 16.0 Å². The molecule has 1 aromatic rings. The van der Waals surface area contributed by atoms with Crippen LogP contribution >= 0.6 is 0 Å². The minimum absolute atomic E-state index is 0.144. The van der Waals surface area contributed by atoms with Crippen molar-refractivity contribution in [2.24, 2.45) is 0 Å². The second-order valence-electron chi connectivity index (χ2n) is 7.18. The molecule has 7 heteroatoms. The highest BCUT2D eigenvalue weighted by Crippen LogP contribution is 2.32. The summed E-state index contributed by atoms with van der Waals surface area (Å²) in [6, 6.07) is 6.14. The van der Waals surface area contributed by atoms with Gasteiger partial charge in [0.1, 0.15) is 0 Å². The standard InChI is InChI=1S/C19H29NO5S/c1-14-8-11-17(12-9-14)26(24,25)20-15(2)18(21)13-10-16(20)6-4-3-5-7-19(22)23/h8-9,11-12,15-16,18,21H,3-7,10,13H2,1-2H3,(H,22,23)/t15-,16+,18-/m0/s1. The molecule has 2 N–H and O–H groups in total. The van der Waals surface area contributed by atoms with E-state index in [4.69, 9.17) is 5.11 Å². The molecule has 0 aliphatic carbocycles. The number of aliphatic hydroxyl groups is 1. The van der Waals surface area contributed by atoms with E-state index >= 15 is 0 Å². The molecule has 6 nitrogen and oxygen atoms in total.